The van der Waals surface area contributed by atoms with E-state index in [1.54, 1.807) is 0 Å². The summed E-state index contributed by atoms with van der Waals surface area (Å²) in [5, 5.41) is 8.96. The van der Waals surface area contributed by atoms with Gasteiger partial charge in [0.15, 0.2) is 0 Å². The van der Waals surface area contributed by atoms with E-state index < -0.39 is 5.97 Å². The molecule has 0 bridgehead atoms. The summed E-state index contributed by atoms with van der Waals surface area (Å²) < 4.78 is 0. The van der Waals surface area contributed by atoms with Crippen LogP contribution in [0.3, 0.4) is 0 Å². The van der Waals surface area contributed by atoms with Crippen LogP contribution in [0, 0.1) is 11.8 Å². The third-order valence-corrected chi connectivity index (χ3v) is 3.71. The van der Waals surface area contributed by atoms with Crippen molar-refractivity contribution in [1.29, 1.82) is 0 Å². The maximum atomic E-state index is 12.5. The summed E-state index contributed by atoms with van der Waals surface area (Å²) in [6.45, 7) is 4.02. The third kappa shape index (κ3) is 4.73. The molecule has 0 radical (unpaired) electrons. The maximum absolute atomic E-state index is 12.5. The minimum absolute atomic E-state index is 0.0805. The smallest absolute Gasteiger partial charge is 0.323 e. The van der Waals surface area contributed by atoms with E-state index in [9.17, 15) is 9.59 Å². The molecule has 0 aliphatic heterocycles. The van der Waals surface area contributed by atoms with Gasteiger partial charge in [0.05, 0.1) is 0 Å². The summed E-state index contributed by atoms with van der Waals surface area (Å²) in [6.07, 6.45) is 5.58. The summed E-state index contributed by atoms with van der Waals surface area (Å²) in [4.78, 5) is 26.8. The average molecular weight is 268 g/mol. The number of rotatable bonds is 8. The fraction of sp³-hybridized carbons (Fsp3) is 0.857. The molecule has 0 unspecified atom stereocenters. The Morgan fingerprint density at radius 1 is 1.05 bits per heavy atom. The van der Waals surface area contributed by atoms with E-state index in [-0.39, 0.29) is 12.6 Å². The van der Waals surface area contributed by atoms with Crippen molar-refractivity contribution in [1.82, 2.24) is 9.80 Å². The summed E-state index contributed by atoms with van der Waals surface area (Å²) in [5.41, 5.74) is 0. The van der Waals surface area contributed by atoms with Crippen LogP contribution in [0.1, 0.15) is 39.0 Å². The Labute approximate surface area is 114 Å². The molecule has 2 rings (SSSR count). The van der Waals surface area contributed by atoms with E-state index in [4.69, 9.17) is 5.11 Å². The van der Waals surface area contributed by atoms with E-state index in [0.717, 1.165) is 32.4 Å². The van der Waals surface area contributed by atoms with Gasteiger partial charge in [-0.25, -0.2) is 4.79 Å². The number of urea groups is 1. The van der Waals surface area contributed by atoms with E-state index in [1.165, 1.54) is 17.7 Å². The Balaban J connectivity index is 1.93. The van der Waals surface area contributed by atoms with Gasteiger partial charge in [-0.1, -0.05) is 6.92 Å². The monoisotopic (exact) mass is 268 g/mol. The van der Waals surface area contributed by atoms with Crippen molar-refractivity contribution in [2.75, 3.05) is 26.2 Å². The van der Waals surface area contributed by atoms with Crippen LogP contribution in [0.4, 0.5) is 4.79 Å². The Morgan fingerprint density at radius 3 is 2.00 bits per heavy atom. The third-order valence-electron chi connectivity index (χ3n) is 3.71. The predicted octanol–water partition coefficient (Wildman–Crippen LogP) is 2.02. The van der Waals surface area contributed by atoms with Gasteiger partial charge in [0.2, 0.25) is 0 Å². The van der Waals surface area contributed by atoms with Crippen molar-refractivity contribution in [2.24, 2.45) is 11.8 Å². The number of carbonyl (C=O) groups excluding carboxylic acids is 1. The molecule has 0 saturated heterocycles. The standard InChI is InChI=1S/C14H24N2O3/c1-2-7-15(8-11-3-4-11)14(19)16(10-13(17)18)9-12-5-6-12/h11-12H,2-10H2,1H3,(H,17,18). The highest BCUT2D eigenvalue weighted by Gasteiger charge is 2.32. The lowest BCUT2D eigenvalue weighted by Gasteiger charge is -2.29. The van der Waals surface area contributed by atoms with Gasteiger partial charge in [0.1, 0.15) is 6.54 Å². The van der Waals surface area contributed by atoms with Crippen molar-refractivity contribution in [2.45, 2.75) is 39.0 Å². The fourth-order valence-corrected chi connectivity index (χ4v) is 2.33. The topological polar surface area (TPSA) is 60.9 Å². The Bertz CT molecular complexity index is 338. The Morgan fingerprint density at radius 2 is 1.58 bits per heavy atom. The molecule has 2 amide bonds. The lowest BCUT2D eigenvalue weighted by Crippen LogP contribution is -2.47. The van der Waals surface area contributed by atoms with Crippen LogP contribution < -0.4 is 0 Å². The number of hydrogen-bond acceptors (Lipinski definition) is 2. The van der Waals surface area contributed by atoms with Gasteiger partial charge in [-0.3, -0.25) is 4.79 Å². The summed E-state index contributed by atoms with van der Waals surface area (Å²) in [7, 11) is 0. The first-order chi connectivity index (χ1) is 9.10. The van der Waals surface area contributed by atoms with Gasteiger partial charge in [-0.2, -0.15) is 0 Å². The first kappa shape index (κ1) is 14.2. The number of amides is 2. The second-order valence-electron chi connectivity index (χ2n) is 5.89. The van der Waals surface area contributed by atoms with Crippen molar-refractivity contribution >= 4 is 12.0 Å². The molecular formula is C14H24N2O3. The molecule has 0 atom stereocenters. The van der Waals surface area contributed by atoms with Gasteiger partial charge >= 0.3 is 12.0 Å². The highest BCUT2D eigenvalue weighted by atomic mass is 16.4. The minimum Gasteiger partial charge on any atom is -0.480 e. The van der Waals surface area contributed by atoms with Crippen LogP contribution in [0.5, 0.6) is 0 Å². The highest BCUT2D eigenvalue weighted by molar-refractivity contribution is 5.80. The molecule has 0 heterocycles. The molecule has 1 N–H and O–H groups in total. The summed E-state index contributed by atoms with van der Waals surface area (Å²) >= 11 is 0. The number of nitrogens with zero attached hydrogens (tertiary/aromatic N) is 2. The van der Waals surface area contributed by atoms with Crippen LogP contribution in [-0.2, 0) is 4.79 Å². The second-order valence-corrected chi connectivity index (χ2v) is 5.89. The molecule has 0 aromatic rings. The number of carbonyl (C=O) groups is 2. The second kappa shape index (κ2) is 6.26. The molecule has 2 fully saturated rings. The first-order valence-corrected chi connectivity index (χ1v) is 7.35. The van der Waals surface area contributed by atoms with Crippen molar-refractivity contribution in [3.8, 4) is 0 Å². The minimum atomic E-state index is -0.920. The van der Waals surface area contributed by atoms with Gasteiger partial charge in [-0.05, 0) is 43.9 Å². The highest BCUT2D eigenvalue weighted by Crippen LogP contribution is 2.32. The lowest BCUT2D eigenvalue weighted by atomic mass is 10.3. The van der Waals surface area contributed by atoms with Gasteiger partial charge in [0.25, 0.3) is 0 Å². The zero-order valence-electron chi connectivity index (χ0n) is 11.7. The van der Waals surface area contributed by atoms with Crippen molar-refractivity contribution in [3.05, 3.63) is 0 Å². The van der Waals surface area contributed by atoms with Gasteiger partial charge < -0.3 is 14.9 Å². The molecule has 0 aromatic heterocycles. The molecular weight excluding hydrogens is 244 g/mol. The first-order valence-electron chi connectivity index (χ1n) is 7.35. The normalized spacial score (nSPS) is 18.2. The molecule has 5 nitrogen and oxygen atoms in total. The van der Waals surface area contributed by atoms with Crippen LogP contribution in [0.25, 0.3) is 0 Å². The van der Waals surface area contributed by atoms with Crippen molar-refractivity contribution < 1.29 is 14.7 Å². The number of carboxylic acids is 1. The SMILES string of the molecule is CCCN(CC1CC1)C(=O)N(CC(=O)O)CC1CC1. The van der Waals surface area contributed by atoms with E-state index in [2.05, 4.69) is 6.92 Å². The van der Waals surface area contributed by atoms with E-state index >= 15 is 0 Å². The number of carboxylic acid groups (broad SMARTS) is 1. The molecule has 19 heavy (non-hydrogen) atoms. The van der Waals surface area contributed by atoms with E-state index in [1.807, 2.05) is 4.90 Å². The largest absolute Gasteiger partial charge is 0.480 e. The average Bonchev–Trinajstić information content (AvgIpc) is 3.20. The lowest BCUT2D eigenvalue weighted by molar-refractivity contribution is -0.137. The Hall–Kier alpha value is -1.26. The fourth-order valence-electron chi connectivity index (χ4n) is 2.33. The quantitative estimate of drug-likeness (QED) is 0.732. The zero-order chi connectivity index (χ0) is 13.8. The molecule has 0 spiro atoms. The van der Waals surface area contributed by atoms with Gasteiger partial charge in [-0.15, -0.1) is 0 Å². The molecule has 108 valence electrons. The maximum Gasteiger partial charge on any atom is 0.323 e. The number of aliphatic carboxylic acids is 1. The van der Waals surface area contributed by atoms with Crippen molar-refractivity contribution in [3.63, 3.8) is 0 Å². The van der Waals surface area contributed by atoms with Crippen LogP contribution in [-0.4, -0.2) is 53.1 Å². The predicted molar refractivity (Wildman–Crippen MR) is 71.9 cm³/mol. The number of hydrogen-bond donors (Lipinski definition) is 1. The summed E-state index contributed by atoms with van der Waals surface area (Å²) in [5.74, 6) is 0.243. The molecule has 2 aliphatic carbocycles. The Kier molecular flexibility index (Phi) is 4.66. The van der Waals surface area contributed by atoms with E-state index in [0.29, 0.717) is 18.4 Å². The molecule has 0 aromatic carbocycles. The van der Waals surface area contributed by atoms with Crippen LogP contribution >= 0.6 is 0 Å². The van der Waals surface area contributed by atoms with Gasteiger partial charge in [0, 0.05) is 19.6 Å². The van der Waals surface area contributed by atoms with Crippen LogP contribution in [0.15, 0.2) is 0 Å². The molecule has 2 saturated carbocycles. The summed E-state index contributed by atoms with van der Waals surface area (Å²) in [6, 6.07) is -0.0805. The molecule has 2 aliphatic rings. The molecule has 5 heteroatoms. The van der Waals surface area contributed by atoms with Crippen LogP contribution in [0.2, 0.25) is 0 Å². The zero-order valence-corrected chi connectivity index (χ0v) is 11.7.